The Kier molecular flexibility index (Phi) is 14.9. The second kappa shape index (κ2) is 18.3. The van der Waals surface area contributed by atoms with Crippen LogP contribution in [-0.2, 0) is 14.3 Å². The molecule has 0 saturated heterocycles. The summed E-state index contributed by atoms with van der Waals surface area (Å²) >= 11 is 0. The van der Waals surface area contributed by atoms with Crippen LogP contribution in [0.4, 0.5) is 0 Å². The Morgan fingerprint density at radius 2 is 1.68 bits per heavy atom. The number of rotatable bonds is 19. The van der Waals surface area contributed by atoms with Gasteiger partial charge in [0, 0.05) is 18.6 Å². The zero-order chi connectivity index (χ0) is 26.7. The third-order valence-electron chi connectivity index (χ3n) is 5.93. The van der Waals surface area contributed by atoms with Crippen LogP contribution in [0, 0.1) is 5.92 Å². The van der Waals surface area contributed by atoms with E-state index in [1.165, 1.54) is 12.8 Å². The van der Waals surface area contributed by atoms with Gasteiger partial charge in [0.2, 0.25) is 0 Å². The Morgan fingerprint density at radius 1 is 0.973 bits per heavy atom. The summed E-state index contributed by atoms with van der Waals surface area (Å²) in [5, 5.41) is 0. The molecule has 0 bridgehead atoms. The number of ether oxygens (including phenoxy) is 2. The second-order valence-electron chi connectivity index (χ2n) is 9.82. The first kappa shape index (κ1) is 30.2. The summed E-state index contributed by atoms with van der Waals surface area (Å²) in [5.41, 5.74) is 1.68. The van der Waals surface area contributed by atoms with Gasteiger partial charge in [0.15, 0.2) is 5.58 Å². The molecule has 0 aromatic carbocycles. The normalized spacial score (nSPS) is 13.0. The molecule has 2 heterocycles. The fourth-order valence-corrected chi connectivity index (χ4v) is 4.00. The molecule has 0 saturated carbocycles. The molecule has 2 rings (SSSR count). The van der Waals surface area contributed by atoms with Gasteiger partial charge in [-0.25, -0.2) is 4.79 Å². The Labute approximate surface area is 222 Å². The third-order valence-corrected chi connectivity index (χ3v) is 5.93. The molecule has 6 nitrogen and oxygen atoms in total. The van der Waals surface area contributed by atoms with Crippen LogP contribution >= 0.6 is 0 Å². The first-order valence-corrected chi connectivity index (χ1v) is 13.9. The van der Waals surface area contributed by atoms with Crippen LogP contribution in [0.25, 0.3) is 11.1 Å². The SMILES string of the molecule is CC/C=C/C/C=C/C/C=C/CCCCCCCC(=O)OCC(CC(C)C)OC(=O)c1cc2occc2[nH]1. The topological polar surface area (TPSA) is 81.5 Å². The lowest BCUT2D eigenvalue weighted by atomic mass is 10.1. The highest BCUT2D eigenvalue weighted by Gasteiger charge is 2.21. The Morgan fingerprint density at radius 3 is 2.41 bits per heavy atom. The van der Waals surface area contributed by atoms with Crippen LogP contribution < -0.4 is 0 Å². The van der Waals surface area contributed by atoms with E-state index in [1.54, 1.807) is 18.4 Å². The number of aromatic amines is 1. The van der Waals surface area contributed by atoms with Crippen LogP contribution in [-0.4, -0.2) is 29.6 Å². The lowest BCUT2D eigenvalue weighted by Crippen LogP contribution is -2.27. The summed E-state index contributed by atoms with van der Waals surface area (Å²) in [7, 11) is 0. The van der Waals surface area contributed by atoms with E-state index in [4.69, 9.17) is 13.9 Å². The molecule has 0 aliphatic rings. The van der Waals surface area contributed by atoms with Crippen molar-refractivity contribution < 1.29 is 23.5 Å². The molecule has 1 N–H and O–H groups in total. The molecule has 0 fully saturated rings. The number of esters is 2. The van der Waals surface area contributed by atoms with Crippen LogP contribution in [0.5, 0.6) is 0 Å². The first-order chi connectivity index (χ1) is 18.0. The molecule has 2 aromatic rings. The molecule has 1 unspecified atom stereocenters. The van der Waals surface area contributed by atoms with Crippen molar-refractivity contribution in [2.45, 2.75) is 97.5 Å². The van der Waals surface area contributed by atoms with Crippen LogP contribution in [0.15, 0.2) is 59.3 Å². The Hall–Kier alpha value is -3.02. The van der Waals surface area contributed by atoms with Crippen molar-refractivity contribution in [3.8, 4) is 0 Å². The number of carbonyl (C=O) groups is 2. The number of aromatic nitrogens is 1. The number of H-pyrrole nitrogens is 1. The van der Waals surface area contributed by atoms with E-state index < -0.39 is 12.1 Å². The van der Waals surface area contributed by atoms with Gasteiger partial charge in [-0.05, 0) is 50.9 Å². The van der Waals surface area contributed by atoms with Crippen molar-refractivity contribution in [1.29, 1.82) is 0 Å². The number of unbranched alkanes of at least 4 members (excludes halogenated alkanes) is 5. The summed E-state index contributed by atoms with van der Waals surface area (Å²) < 4.78 is 16.4. The molecule has 1 atom stereocenters. The van der Waals surface area contributed by atoms with E-state index in [1.807, 2.05) is 13.8 Å². The van der Waals surface area contributed by atoms with Crippen molar-refractivity contribution in [1.82, 2.24) is 4.98 Å². The van der Waals surface area contributed by atoms with E-state index >= 15 is 0 Å². The number of hydrogen-bond acceptors (Lipinski definition) is 5. The molecular formula is C31H45NO5. The monoisotopic (exact) mass is 511 g/mol. The van der Waals surface area contributed by atoms with Gasteiger partial charge in [0.05, 0.1) is 11.8 Å². The molecule has 6 heteroatoms. The summed E-state index contributed by atoms with van der Waals surface area (Å²) in [6.07, 6.45) is 24.9. The number of allylic oxidation sites excluding steroid dienone is 6. The first-order valence-electron chi connectivity index (χ1n) is 13.9. The molecule has 0 aliphatic heterocycles. The minimum absolute atomic E-state index is 0.0799. The van der Waals surface area contributed by atoms with E-state index in [-0.39, 0.29) is 12.6 Å². The van der Waals surface area contributed by atoms with Gasteiger partial charge in [-0.15, -0.1) is 0 Å². The summed E-state index contributed by atoms with van der Waals surface area (Å²) in [6.45, 7) is 6.32. The Bertz CT molecular complexity index is 966. The standard InChI is InChI=1S/C31H45NO5/c1-4-5-6-7-8-9-10-11-12-13-14-15-16-17-18-19-30(33)36-24-26(22-25(2)3)37-31(34)28-23-29-27(32-28)20-21-35-29/h5-6,8-9,11-12,20-21,23,25-26,32H,4,7,10,13-19,22,24H2,1-3H3/b6-5+,9-8+,12-11+. The quantitative estimate of drug-likeness (QED) is 0.116. The maximum absolute atomic E-state index is 12.5. The fourth-order valence-electron chi connectivity index (χ4n) is 4.00. The van der Waals surface area contributed by atoms with Crippen LogP contribution in [0.3, 0.4) is 0 Å². The smallest absolute Gasteiger partial charge is 0.355 e. The summed E-state index contributed by atoms with van der Waals surface area (Å²) in [6, 6.07) is 3.38. The van der Waals surface area contributed by atoms with Gasteiger partial charge < -0.3 is 18.9 Å². The molecular weight excluding hydrogens is 466 g/mol. The molecule has 0 amide bonds. The van der Waals surface area contributed by atoms with Crippen LogP contribution in [0.2, 0.25) is 0 Å². The molecule has 37 heavy (non-hydrogen) atoms. The summed E-state index contributed by atoms with van der Waals surface area (Å²) in [5.74, 6) is -0.404. The maximum Gasteiger partial charge on any atom is 0.355 e. The van der Waals surface area contributed by atoms with Gasteiger partial charge in [-0.2, -0.15) is 0 Å². The zero-order valence-electron chi connectivity index (χ0n) is 22.9. The predicted molar refractivity (Wildman–Crippen MR) is 149 cm³/mol. The molecule has 204 valence electrons. The lowest BCUT2D eigenvalue weighted by Gasteiger charge is -2.19. The average molecular weight is 512 g/mol. The average Bonchev–Trinajstić information content (AvgIpc) is 3.47. The second-order valence-corrected chi connectivity index (χ2v) is 9.82. The van der Waals surface area contributed by atoms with Crippen LogP contribution in [0.1, 0.15) is 102 Å². The maximum atomic E-state index is 12.5. The predicted octanol–water partition coefficient (Wildman–Crippen LogP) is 8.47. The van der Waals surface area contributed by atoms with Crippen molar-refractivity contribution in [2.24, 2.45) is 5.92 Å². The highest BCUT2D eigenvalue weighted by Crippen LogP contribution is 2.18. The van der Waals surface area contributed by atoms with Crippen molar-refractivity contribution in [2.75, 3.05) is 6.61 Å². The van der Waals surface area contributed by atoms with Gasteiger partial charge in [0.25, 0.3) is 0 Å². The zero-order valence-corrected chi connectivity index (χ0v) is 22.9. The highest BCUT2D eigenvalue weighted by molar-refractivity contribution is 5.93. The number of furan rings is 1. The minimum atomic E-state index is -0.479. The van der Waals surface area contributed by atoms with E-state index in [2.05, 4.69) is 48.4 Å². The molecule has 2 aromatic heterocycles. The molecule has 0 aliphatic carbocycles. The van der Waals surface area contributed by atoms with E-state index in [0.717, 1.165) is 50.5 Å². The Balaban J connectivity index is 1.54. The van der Waals surface area contributed by atoms with Crippen molar-refractivity contribution in [3.63, 3.8) is 0 Å². The number of nitrogens with one attached hydrogen (secondary N) is 1. The van der Waals surface area contributed by atoms with Gasteiger partial charge in [-0.3, -0.25) is 4.79 Å². The number of carbonyl (C=O) groups excluding carboxylic acids is 2. The fraction of sp³-hybridized carbons (Fsp3) is 0.548. The number of hydrogen-bond donors (Lipinski definition) is 1. The highest BCUT2D eigenvalue weighted by atomic mass is 16.6. The van der Waals surface area contributed by atoms with Gasteiger partial charge in [-0.1, -0.05) is 76.5 Å². The van der Waals surface area contributed by atoms with Crippen molar-refractivity contribution in [3.05, 3.63) is 60.5 Å². The summed E-state index contributed by atoms with van der Waals surface area (Å²) in [4.78, 5) is 27.7. The van der Waals surface area contributed by atoms with Gasteiger partial charge in [0.1, 0.15) is 18.4 Å². The van der Waals surface area contributed by atoms with E-state index in [0.29, 0.717) is 30.0 Å². The van der Waals surface area contributed by atoms with E-state index in [9.17, 15) is 9.59 Å². The van der Waals surface area contributed by atoms with Gasteiger partial charge >= 0.3 is 11.9 Å². The molecule has 0 radical (unpaired) electrons. The molecule has 0 spiro atoms. The lowest BCUT2D eigenvalue weighted by molar-refractivity contribution is -0.147. The number of fused-ring (bicyclic) bond motifs is 1. The van der Waals surface area contributed by atoms with Crippen molar-refractivity contribution >= 4 is 23.0 Å². The minimum Gasteiger partial charge on any atom is -0.463 e. The largest absolute Gasteiger partial charge is 0.463 e. The third kappa shape index (κ3) is 13.2.